The van der Waals surface area contributed by atoms with Crippen molar-refractivity contribution >= 4 is 17.6 Å². The second-order valence-corrected chi connectivity index (χ2v) is 4.09. The van der Waals surface area contributed by atoms with E-state index in [0.717, 1.165) is 18.1 Å². The predicted octanol–water partition coefficient (Wildman–Crippen LogP) is 1.39. The summed E-state index contributed by atoms with van der Waals surface area (Å²) in [5, 5.41) is 17.9. The molecule has 1 N–H and O–H groups in total. The van der Waals surface area contributed by atoms with Gasteiger partial charge in [0.15, 0.2) is 0 Å². The maximum absolute atomic E-state index is 4.14. The Labute approximate surface area is 80.0 Å². The molecule has 0 saturated carbocycles. The van der Waals surface area contributed by atoms with Crippen LogP contribution in [-0.2, 0) is 0 Å². The number of nitrogens with zero attached hydrogens (tertiary/aromatic N) is 5. The molecule has 2 aliphatic heterocycles. The van der Waals surface area contributed by atoms with Gasteiger partial charge in [0.25, 0.3) is 0 Å². The topological polar surface area (TPSA) is 73.8 Å². The second kappa shape index (κ2) is 3.41. The van der Waals surface area contributed by atoms with Crippen LogP contribution in [0.25, 0.3) is 0 Å². The second-order valence-electron chi connectivity index (χ2n) is 2.74. The van der Waals surface area contributed by atoms with Gasteiger partial charge in [0, 0.05) is 6.54 Å². The van der Waals surface area contributed by atoms with E-state index in [1.807, 2.05) is 13.5 Å². The molecule has 0 unspecified atom stereocenters. The summed E-state index contributed by atoms with van der Waals surface area (Å²) >= 11 is 1.55. The van der Waals surface area contributed by atoms with Gasteiger partial charge in [0.1, 0.15) is 5.84 Å². The molecule has 0 bridgehead atoms. The maximum atomic E-state index is 4.14. The van der Waals surface area contributed by atoms with Crippen LogP contribution >= 0.6 is 11.8 Å². The molecule has 6 nitrogen and oxygen atoms in total. The normalized spacial score (nSPS) is 23.3. The Morgan fingerprint density at radius 3 is 2.92 bits per heavy atom. The van der Waals surface area contributed by atoms with Gasteiger partial charge in [-0.15, -0.1) is 10.2 Å². The Balaban J connectivity index is 1.85. The molecule has 0 atom stereocenters. The third-order valence-corrected chi connectivity index (χ3v) is 2.76. The lowest BCUT2D eigenvalue weighted by atomic mass is 10.6. The monoisotopic (exact) mass is 197 g/mol. The molecular weight excluding hydrogens is 188 g/mol. The molecule has 0 aromatic carbocycles. The molecule has 69 valence electrons. The number of amidine groups is 1. The van der Waals surface area contributed by atoms with Crippen molar-refractivity contribution in [2.24, 2.45) is 25.7 Å². The molecule has 0 fully saturated rings. The number of nitrogens with one attached hydrogen (secondary N) is 1. The molecule has 0 saturated heterocycles. The molecule has 0 aliphatic carbocycles. The summed E-state index contributed by atoms with van der Waals surface area (Å²) in [6, 6.07) is 0. The molecule has 13 heavy (non-hydrogen) atoms. The zero-order valence-electron chi connectivity index (χ0n) is 7.14. The molecule has 0 amide bonds. The van der Waals surface area contributed by atoms with Crippen LogP contribution in [-0.4, -0.2) is 23.1 Å². The van der Waals surface area contributed by atoms with E-state index in [1.165, 1.54) is 0 Å². The first-order valence-corrected chi connectivity index (χ1v) is 4.87. The predicted molar refractivity (Wildman–Crippen MR) is 50.3 cm³/mol. The highest BCUT2D eigenvalue weighted by Crippen LogP contribution is 2.32. The maximum Gasteiger partial charge on any atom is 0.238 e. The molecule has 0 aromatic heterocycles. The first kappa shape index (κ1) is 8.61. The average molecular weight is 197 g/mol. The minimum Gasteiger partial charge on any atom is -0.371 e. The van der Waals surface area contributed by atoms with Gasteiger partial charge in [-0.2, -0.15) is 0 Å². The SMILES string of the molecule is CC1(SCC2=N[CH]CN2)N=NN=N1. The van der Waals surface area contributed by atoms with E-state index in [1.54, 1.807) is 11.8 Å². The van der Waals surface area contributed by atoms with Crippen molar-refractivity contribution in [3.63, 3.8) is 0 Å². The molecule has 7 heteroatoms. The van der Waals surface area contributed by atoms with Crippen molar-refractivity contribution in [1.29, 1.82) is 0 Å². The molecule has 2 aliphatic rings. The van der Waals surface area contributed by atoms with Gasteiger partial charge >= 0.3 is 0 Å². The van der Waals surface area contributed by atoms with Crippen molar-refractivity contribution in [1.82, 2.24) is 5.32 Å². The largest absolute Gasteiger partial charge is 0.371 e. The van der Waals surface area contributed by atoms with Crippen molar-refractivity contribution in [3.8, 4) is 0 Å². The summed E-state index contributed by atoms with van der Waals surface area (Å²) in [7, 11) is 0. The van der Waals surface area contributed by atoms with Gasteiger partial charge in [-0.25, -0.2) is 0 Å². The molecule has 1 radical (unpaired) electrons. The lowest BCUT2D eigenvalue weighted by molar-refractivity contribution is 0.711. The van der Waals surface area contributed by atoms with Gasteiger partial charge in [-0.05, 0) is 17.4 Å². The van der Waals surface area contributed by atoms with Crippen molar-refractivity contribution in [3.05, 3.63) is 6.54 Å². The molecule has 2 rings (SSSR count). The van der Waals surface area contributed by atoms with E-state index >= 15 is 0 Å². The Hall–Kier alpha value is -0.980. The summed E-state index contributed by atoms with van der Waals surface area (Å²) in [6.45, 7) is 4.53. The van der Waals surface area contributed by atoms with E-state index in [-0.39, 0.29) is 0 Å². The van der Waals surface area contributed by atoms with Gasteiger partial charge in [-0.1, -0.05) is 11.8 Å². The van der Waals surface area contributed by atoms with Gasteiger partial charge < -0.3 is 5.32 Å². The third-order valence-electron chi connectivity index (χ3n) is 1.63. The lowest BCUT2D eigenvalue weighted by Gasteiger charge is -2.12. The standard InChI is InChI=1S/C6H9N6S/c1-6(9-11-12-10-6)13-4-5-7-2-3-8-5/h2H,3-4H2,1H3,(H,7,8). The fourth-order valence-corrected chi connectivity index (χ4v) is 1.72. The average Bonchev–Trinajstić information content (AvgIpc) is 2.72. The van der Waals surface area contributed by atoms with E-state index in [2.05, 4.69) is 31.0 Å². The van der Waals surface area contributed by atoms with Crippen molar-refractivity contribution < 1.29 is 0 Å². The fourth-order valence-electron chi connectivity index (χ4n) is 0.942. The molecule has 2 heterocycles. The van der Waals surface area contributed by atoms with Crippen LogP contribution in [0.1, 0.15) is 6.92 Å². The highest BCUT2D eigenvalue weighted by molar-refractivity contribution is 8.01. The van der Waals surface area contributed by atoms with Crippen LogP contribution in [0.2, 0.25) is 0 Å². The van der Waals surface area contributed by atoms with Crippen LogP contribution in [0.5, 0.6) is 0 Å². The van der Waals surface area contributed by atoms with Crippen LogP contribution < -0.4 is 5.32 Å². The third kappa shape index (κ3) is 2.03. The first-order valence-electron chi connectivity index (χ1n) is 3.89. The summed E-state index contributed by atoms with van der Waals surface area (Å²) in [5.74, 6) is 1.72. The number of aliphatic imine (C=N–C) groups is 1. The van der Waals surface area contributed by atoms with Gasteiger partial charge in [0.2, 0.25) is 4.99 Å². The minimum atomic E-state index is -0.549. The zero-order chi connectivity index (χ0) is 9.15. The number of rotatable bonds is 3. The van der Waals surface area contributed by atoms with Crippen LogP contribution in [0.3, 0.4) is 0 Å². The molecule has 0 spiro atoms. The Bertz CT molecular complexity index is 271. The van der Waals surface area contributed by atoms with E-state index in [9.17, 15) is 0 Å². The van der Waals surface area contributed by atoms with Crippen LogP contribution in [0.4, 0.5) is 0 Å². The molecule has 0 aromatic rings. The minimum absolute atomic E-state index is 0.549. The first-order chi connectivity index (χ1) is 6.29. The van der Waals surface area contributed by atoms with E-state index in [4.69, 9.17) is 0 Å². The highest BCUT2D eigenvalue weighted by atomic mass is 32.2. The van der Waals surface area contributed by atoms with Crippen LogP contribution in [0.15, 0.2) is 25.7 Å². The lowest BCUT2D eigenvalue weighted by Crippen LogP contribution is -2.23. The number of thioether (sulfide) groups is 1. The van der Waals surface area contributed by atoms with Gasteiger partial charge in [0.05, 0.1) is 12.3 Å². The fraction of sp³-hybridized carbons (Fsp3) is 0.667. The summed E-state index contributed by atoms with van der Waals surface area (Å²) in [6.07, 6.45) is 0. The quantitative estimate of drug-likeness (QED) is 0.742. The smallest absolute Gasteiger partial charge is 0.238 e. The van der Waals surface area contributed by atoms with E-state index in [0.29, 0.717) is 0 Å². The summed E-state index contributed by atoms with van der Waals surface area (Å²) in [4.78, 5) is 3.59. The highest BCUT2D eigenvalue weighted by Gasteiger charge is 2.28. The van der Waals surface area contributed by atoms with E-state index < -0.39 is 4.99 Å². The van der Waals surface area contributed by atoms with Gasteiger partial charge in [-0.3, -0.25) is 4.99 Å². The van der Waals surface area contributed by atoms with Crippen LogP contribution in [0, 0.1) is 6.54 Å². The Kier molecular flexibility index (Phi) is 2.26. The molecular formula is C6H9N6S. The number of hydrogen-bond acceptors (Lipinski definition) is 7. The number of hydrogen-bond donors (Lipinski definition) is 1. The van der Waals surface area contributed by atoms with Crippen molar-refractivity contribution in [2.75, 3.05) is 12.3 Å². The Morgan fingerprint density at radius 2 is 2.31 bits per heavy atom. The Morgan fingerprint density at radius 1 is 1.54 bits per heavy atom. The van der Waals surface area contributed by atoms with Crippen molar-refractivity contribution in [2.45, 2.75) is 11.9 Å². The zero-order valence-corrected chi connectivity index (χ0v) is 7.95. The summed E-state index contributed by atoms with van der Waals surface area (Å²) in [5.41, 5.74) is 0. The summed E-state index contributed by atoms with van der Waals surface area (Å²) < 4.78 is 0.